The highest BCUT2D eigenvalue weighted by Crippen LogP contribution is 2.39. The van der Waals surface area contributed by atoms with Gasteiger partial charge in [-0.25, -0.2) is 9.67 Å². The molecule has 0 spiro atoms. The Morgan fingerprint density at radius 1 is 1.42 bits per heavy atom. The van der Waals surface area contributed by atoms with Crippen LogP contribution >= 0.6 is 22.9 Å². The van der Waals surface area contributed by atoms with Crippen LogP contribution in [0.1, 0.15) is 56.0 Å². The van der Waals surface area contributed by atoms with Gasteiger partial charge in [0.1, 0.15) is 5.01 Å². The van der Waals surface area contributed by atoms with E-state index in [-0.39, 0.29) is 17.9 Å². The Kier molecular flexibility index (Phi) is 5.44. The van der Waals surface area contributed by atoms with Gasteiger partial charge in [0.2, 0.25) is 0 Å². The number of carbonyl (C=O) groups excluding carboxylic acids is 1. The standard InChI is InChI=1S/C21H20ClN7OS/c22-14-2-1-12(8-23)16(7-14)13-5-15(6-13)25-21(30)18-10-29(28-27-18)11-20-26-17-3-4-24-9-19(17)31-20/h1-2,7,10,13,15,24H,3-6,9,11H2,(H,25,30)/t13-,15+. The number of rotatable bonds is 5. The topological polar surface area (TPSA) is 109 Å². The third kappa shape index (κ3) is 4.19. The van der Waals surface area contributed by atoms with E-state index >= 15 is 0 Å². The first-order valence-corrected chi connectivity index (χ1v) is 11.4. The second-order valence-corrected chi connectivity index (χ2v) is 9.49. The third-order valence-corrected chi connectivity index (χ3v) is 7.08. The van der Waals surface area contributed by atoms with E-state index in [9.17, 15) is 10.1 Å². The van der Waals surface area contributed by atoms with E-state index in [1.807, 2.05) is 6.07 Å². The van der Waals surface area contributed by atoms with Crippen LogP contribution in [0, 0.1) is 11.3 Å². The fourth-order valence-electron chi connectivity index (χ4n) is 4.09. The molecule has 0 saturated heterocycles. The van der Waals surface area contributed by atoms with Crippen molar-refractivity contribution in [3.8, 4) is 6.07 Å². The number of hydrogen-bond acceptors (Lipinski definition) is 7. The Morgan fingerprint density at radius 3 is 3.10 bits per heavy atom. The smallest absolute Gasteiger partial charge is 0.273 e. The summed E-state index contributed by atoms with van der Waals surface area (Å²) < 4.78 is 1.65. The molecule has 3 heterocycles. The number of benzene rings is 1. The van der Waals surface area contributed by atoms with Gasteiger partial charge in [-0.05, 0) is 42.5 Å². The summed E-state index contributed by atoms with van der Waals surface area (Å²) in [4.78, 5) is 18.5. The highest BCUT2D eigenvalue weighted by atomic mass is 35.5. The lowest BCUT2D eigenvalue weighted by Gasteiger charge is -2.36. The summed E-state index contributed by atoms with van der Waals surface area (Å²) in [5.74, 6) is -0.0105. The van der Waals surface area contributed by atoms with Gasteiger partial charge in [0.15, 0.2) is 5.69 Å². The van der Waals surface area contributed by atoms with E-state index in [0.717, 1.165) is 48.6 Å². The van der Waals surface area contributed by atoms with E-state index < -0.39 is 0 Å². The van der Waals surface area contributed by atoms with Gasteiger partial charge < -0.3 is 10.6 Å². The first kappa shape index (κ1) is 20.1. The van der Waals surface area contributed by atoms with Crippen LogP contribution in [-0.4, -0.2) is 38.5 Å². The number of amides is 1. The second-order valence-electron chi connectivity index (χ2n) is 7.89. The molecule has 0 radical (unpaired) electrons. The lowest BCUT2D eigenvalue weighted by Crippen LogP contribution is -2.43. The van der Waals surface area contributed by atoms with Gasteiger partial charge in [0, 0.05) is 35.5 Å². The minimum atomic E-state index is -0.232. The fraction of sp³-hybridized carbons (Fsp3) is 0.381. The largest absolute Gasteiger partial charge is 0.348 e. The Morgan fingerprint density at radius 2 is 2.29 bits per heavy atom. The molecule has 31 heavy (non-hydrogen) atoms. The molecule has 1 aliphatic carbocycles. The monoisotopic (exact) mass is 453 g/mol. The summed E-state index contributed by atoms with van der Waals surface area (Å²) in [6.45, 7) is 2.33. The summed E-state index contributed by atoms with van der Waals surface area (Å²) in [5.41, 5.74) is 3.05. The van der Waals surface area contributed by atoms with Gasteiger partial charge in [-0.15, -0.1) is 16.4 Å². The first-order valence-electron chi connectivity index (χ1n) is 10.2. The molecule has 1 fully saturated rings. The average molecular weight is 454 g/mol. The molecular formula is C21H20ClN7OS. The quantitative estimate of drug-likeness (QED) is 0.614. The molecule has 2 aromatic heterocycles. The summed E-state index contributed by atoms with van der Waals surface area (Å²) in [6, 6.07) is 7.58. The number of halogens is 1. The molecule has 0 bridgehead atoms. The van der Waals surface area contributed by atoms with Crippen molar-refractivity contribution in [2.24, 2.45) is 0 Å². The van der Waals surface area contributed by atoms with Gasteiger partial charge >= 0.3 is 0 Å². The molecule has 5 rings (SSSR count). The number of carbonyl (C=O) groups is 1. The molecule has 0 unspecified atom stereocenters. The third-order valence-electron chi connectivity index (χ3n) is 5.76. The van der Waals surface area contributed by atoms with Crippen molar-refractivity contribution in [3.63, 3.8) is 0 Å². The van der Waals surface area contributed by atoms with E-state index in [2.05, 4.69) is 32.0 Å². The summed E-state index contributed by atoms with van der Waals surface area (Å²) >= 11 is 7.76. The Labute approximate surface area is 188 Å². The number of fused-ring (bicyclic) bond motifs is 1. The van der Waals surface area contributed by atoms with E-state index in [4.69, 9.17) is 11.6 Å². The predicted octanol–water partition coefficient (Wildman–Crippen LogP) is 2.63. The number of aromatic nitrogens is 4. The number of nitriles is 1. The molecule has 1 saturated carbocycles. The highest BCUT2D eigenvalue weighted by Gasteiger charge is 2.33. The van der Waals surface area contributed by atoms with E-state index in [1.54, 1.807) is 34.3 Å². The number of nitrogens with zero attached hydrogens (tertiary/aromatic N) is 5. The van der Waals surface area contributed by atoms with Crippen molar-refractivity contribution >= 4 is 28.8 Å². The summed E-state index contributed by atoms with van der Waals surface area (Å²) in [5, 5.41) is 25.4. The Hall–Kier alpha value is -2.80. The minimum absolute atomic E-state index is 0.0476. The van der Waals surface area contributed by atoms with Crippen LogP contribution in [0.25, 0.3) is 0 Å². The van der Waals surface area contributed by atoms with Gasteiger partial charge in [-0.2, -0.15) is 5.26 Å². The van der Waals surface area contributed by atoms with Gasteiger partial charge in [0.05, 0.1) is 30.1 Å². The normalized spacial score (nSPS) is 19.9. The van der Waals surface area contributed by atoms with Crippen molar-refractivity contribution in [2.75, 3.05) is 6.54 Å². The Balaban J connectivity index is 1.17. The predicted molar refractivity (Wildman–Crippen MR) is 116 cm³/mol. The maximum Gasteiger partial charge on any atom is 0.273 e. The van der Waals surface area contributed by atoms with Crippen molar-refractivity contribution in [1.82, 2.24) is 30.6 Å². The molecule has 1 aliphatic heterocycles. The molecule has 158 valence electrons. The maximum absolute atomic E-state index is 12.6. The maximum atomic E-state index is 12.6. The molecule has 1 aromatic carbocycles. The second kappa shape index (κ2) is 8.38. The zero-order chi connectivity index (χ0) is 21.4. The SMILES string of the molecule is N#Cc1ccc(Cl)cc1[C@H]1C[C@@H](NC(=O)c2cn(Cc3nc4c(s3)CNCC4)nn2)C1. The van der Waals surface area contributed by atoms with Gasteiger partial charge in [-0.1, -0.05) is 16.8 Å². The highest BCUT2D eigenvalue weighted by molar-refractivity contribution is 7.11. The molecule has 1 amide bonds. The summed E-state index contributed by atoms with van der Waals surface area (Å²) in [6.07, 6.45) is 4.15. The molecular weight excluding hydrogens is 434 g/mol. The fourth-order valence-corrected chi connectivity index (χ4v) is 5.34. The number of nitrogens with one attached hydrogen (secondary N) is 2. The zero-order valence-electron chi connectivity index (χ0n) is 16.6. The van der Waals surface area contributed by atoms with Crippen LogP contribution in [0.5, 0.6) is 0 Å². The van der Waals surface area contributed by atoms with E-state index in [0.29, 0.717) is 22.8 Å². The Bertz CT molecular complexity index is 1150. The van der Waals surface area contributed by atoms with Gasteiger partial charge in [0.25, 0.3) is 5.91 Å². The lowest BCUT2D eigenvalue weighted by molar-refractivity contribution is 0.0903. The minimum Gasteiger partial charge on any atom is -0.348 e. The van der Waals surface area contributed by atoms with Crippen LogP contribution in [0.3, 0.4) is 0 Å². The van der Waals surface area contributed by atoms with E-state index in [1.165, 1.54) is 4.88 Å². The number of hydrogen-bond donors (Lipinski definition) is 2. The lowest BCUT2D eigenvalue weighted by atomic mass is 9.74. The van der Waals surface area contributed by atoms with Crippen LogP contribution in [0.15, 0.2) is 24.4 Å². The summed E-state index contributed by atoms with van der Waals surface area (Å²) in [7, 11) is 0. The van der Waals surface area contributed by atoms with Crippen LogP contribution in [-0.2, 0) is 19.5 Å². The molecule has 8 nitrogen and oxygen atoms in total. The van der Waals surface area contributed by atoms with Crippen molar-refractivity contribution in [2.45, 2.75) is 44.3 Å². The molecule has 0 atom stereocenters. The zero-order valence-corrected chi connectivity index (χ0v) is 18.2. The molecule has 10 heteroatoms. The van der Waals surface area contributed by atoms with Crippen LogP contribution in [0.2, 0.25) is 5.02 Å². The molecule has 2 N–H and O–H groups in total. The van der Waals surface area contributed by atoms with Gasteiger partial charge in [-0.3, -0.25) is 4.79 Å². The average Bonchev–Trinajstić information content (AvgIpc) is 3.37. The first-order chi connectivity index (χ1) is 15.1. The number of thiazole rings is 1. The van der Waals surface area contributed by atoms with Crippen LogP contribution in [0.4, 0.5) is 0 Å². The van der Waals surface area contributed by atoms with Crippen LogP contribution < -0.4 is 10.6 Å². The van der Waals surface area contributed by atoms with Crippen molar-refractivity contribution in [1.29, 1.82) is 5.26 Å². The molecule has 3 aromatic rings. The molecule has 2 aliphatic rings. The van der Waals surface area contributed by atoms with Crippen molar-refractivity contribution < 1.29 is 4.79 Å². The van der Waals surface area contributed by atoms with Crippen molar-refractivity contribution in [3.05, 3.63) is 61.8 Å².